The molecule has 1 amide bonds. The molecular formula is C16H17BrN2OS. The Kier molecular flexibility index (Phi) is 4.40. The average Bonchev–Trinajstić information content (AvgIpc) is 3.16. The molecule has 0 spiro atoms. The zero-order valence-corrected chi connectivity index (χ0v) is 14.0. The Morgan fingerprint density at radius 3 is 2.86 bits per heavy atom. The molecule has 110 valence electrons. The second kappa shape index (κ2) is 6.28. The number of nitrogens with one attached hydrogen (secondary N) is 1. The van der Waals surface area contributed by atoms with E-state index in [9.17, 15) is 4.79 Å². The Balaban J connectivity index is 1.72. The summed E-state index contributed by atoms with van der Waals surface area (Å²) in [4.78, 5) is 17.7. The number of aromatic nitrogens is 1. The van der Waals surface area contributed by atoms with Crippen molar-refractivity contribution in [3.05, 3.63) is 50.9 Å². The van der Waals surface area contributed by atoms with Crippen LogP contribution in [0.4, 0.5) is 0 Å². The number of carbonyl (C=O) groups excluding carboxylic acids is 1. The fraction of sp³-hybridized carbons (Fsp3) is 0.375. The van der Waals surface area contributed by atoms with Crippen LogP contribution in [0.1, 0.15) is 40.9 Å². The molecule has 0 radical (unpaired) electrons. The summed E-state index contributed by atoms with van der Waals surface area (Å²) < 4.78 is 0.823. The molecule has 0 saturated heterocycles. The second-order valence-electron chi connectivity index (χ2n) is 5.54. The smallest absolute Gasteiger partial charge is 0.252 e. The topological polar surface area (TPSA) is 42.0 Å². The molecule has 3 nitrogen and oxygen atoms in total. The van der Waals surface area contributed by atoms with E-state index in [0.29, 0.717) is 12.1 Å². The number of hydrogen-bond donors (Lipinski definition) is 1. The van der Waals surface area contributed by atoms with E-state index in [-0.39, 0.29) is 11.3 Å². The van der Waals surface area contributed by atoms with E-state index in [2.05, 4.69) is 43.7 Å². The highest BCUT2D eigenvalue weighted by Crippen LogP contribution is 2.42. The van der Waals surface area contributed by atoms with Gasteiger partial charge in [0.25, 0.3) is 5.91 Å². The van der Waals surface area contributed by atoms with Crippen LogP contribution in [-0.2, 0) is 5.41 Å². The Hall–Kier alpha value is -1.20. The van der Waals surface area contributed by atoms with Crippen molar-refractivity contribution in [2.24, 2.45) is 0 Å². The largest absolute Gasteiger partial charge is 0.351 e. The van der Waals surface area contributed by atoms with Gasteiger partial charge < -0.3 is 5.32 Å². The number of nitrogens with zero attached hydrogens (tertiary/aromatic N) is 1. The molecule has 1 saturated carbocycles. The highest BCUT2D eigenvalue weighted by Gasteiger charge is 2.36. The van der Waals surface area contributed by atoms with Crippen LogP contribution in [0.25, 0.3) is 0 Å². The minimum absolute atomic E-state index is 0.0494. The molecule has 2 aromatic rings. The van der Waals surface area contributed by atoms with E-state index in [1.807, 2.05) is 0 Å². The molecule has 1 N–H and O–H groups in total. The minimum atomic E-state index is -0.0494. The normalized spacial score (nSPS) is 16.8. The maximum Gasteiger partial charge on any atom is 0.252 e. The van der Waals surface area contributed by atoms with Gasteiger partial charge in [-0.15, -0.1) is 11.3 Å². The Morgan fingerprint density at radius 2 is 2.19 bits per heavy atom. The molecule has 0 atom stereocenters. The van der Waals surface area contributed by atoms with Crippen LogP contribution in [0, 0.1) is 0 Å². The first-order chi connectivity index (χ1) is 10.2. The molecule has 1 aliphatic rings. The molecule has 0 unspecified atom stereocenters. The molecule has 0 bridgehead atoms. The standard InChI is InChI=1S/C16H17BrN2OS/c17-13-8-12(9-18-10-13)15(20)19-11-16(5-1-2-6-16)14-4-3-7-21-14/h3-4,7-10H,1-2,5-6,11H2,(H,19,20). The van der Waals surface area contributed by atoms with Gasteiger partial charge >= 0.3 is 0 Å². The molecule has 0 aromatic carbocycles. The third-order valence-electron chi connectivity index (χ3n) is 4.16. The van der Waals surface area contributed by atoms with Gasteiger partial charge in [-0.3, -0.25) is 9.78 Å². The molecule has 21 heavy (non-hydrogen) atoms. The van der Waals surface area contributed by atoms with Crippen molar-refractivity contribution in [2.75, 3.05) is 6.54 Å². The first-order valence-corrected chi connectivity index (χ1v) is 8.80. The summed E-state index contributed by atoms with van der Waals surface area (Å²) in [5, 5.41) is 5.22. The summed E-state index contributed by atoms with van der Waals surface area (Å²) in [6.07, 6.45) is 8.08. The number of carbonyl (C=O) groups is 1. The Labute approximate surface area is 136 Å². The Morgan fingerprint density at radius 1 is 1.38 bits per heavy atom. The average molecular weight is 365 g/mol. The summed E-state index contributed by atoms with van der Waals surface area (Å²) in [6.45, 7) is 0.707. The minimum Gasteiger partial charge on any atom is -0.351 e. The van der Waals surface area contributed by atoms with Gasteiger partial charge in [-0.25, -0.2) is 0 Å². The van der Waals surface area contributed by atoms with E-state index in [4.69, 9.17) is 0 Å². The summed E-state index contributed by atoms with van der Waals surface area (Å²) in [5.41, 5.74) is 0.729. The van der Waals surface area contributed by atoms with E-state index in [1.165, 1.54) is 17.7 Å². The monoisotopic (exact) mass is 364 g/mol. The number of pyridine rings is 1. The van der Waals surface area contributed by atoms with Crippen LogP contribution in [0.2, 0.25) is 0 Å². The zero-order chi connectivity index (χ0) is 14.7. The van der Waals surface area contributed by atoms with Gasteiger partial charge in [0.05, 0.1) is 5.56 Å². The molecule has 1 fully saturated rings. The van der Waals surface area contributed by atoms with Crippen molar-refractivity contribution in [1.82, 2.24) is 10.3 Å². The predicted molar refractivity (Wildman–Crippen MR) is 88.7 cm³/mol. The van der Waals surface area contributed by atoms with Crippen LogP contribution in [0.5, 0.6) is 0 Å². The lowest BCUT2D eigenvalue weighted by Crippen LogP contribution is -2.38. The molecule has 2 heterocycles. The maximum absolute atomic E-state index is 12.3. The molecule has 5 heteroatoms. The second-order valence-corrected chi connectivity index (χ2v) is 7.40. The lowest BCUT2D eigenvalue weighted by molar-refractivity contribution is 0.0943. The number of rotatable bonds is 4. The molecule has 2 aromatic heterocycles. The predicted octanol–water partition coefficient (Wildman–Crippen LogP) is 4.15. The highest BCUT2D eigenvalue weighted by atomic mass is 79.9. The first kappa shape index (κ1) is 14.7. The molecule has 3 rings (SSSR count). The Bertz CT molecular complexity index is 621. The van der Waals surface area contributed by atoms with Gasteiger partial charge in [0.15, 0.2) is 0 Å². The van der Waals surface area contributed by atoms with Crippen molar-refractivity contribution in [1.29, 1.82) is 0 Å². The van der Waals surface area contributed by atoms with Crippen LogP contribution in [0.3, 0.4) is 0 Å². The van der Waals surface area contributed by atoms with Gasteiger partial charge in [0.1, 0.15) is 0 Å². The van der Waals surface area contributed by atoms with Crippen LogP contribution in [0.15, 0.2) is 40.4 Å². The number of amides is 1. The van der Waals surface area contributed by atoms with Gasteiger partial charge in [-0.1, -0.05) is 18.9 Å². The summed E-state index contributed by atoms with van der Waals surface area (Å²) in [5.74, 6) is -0.0494. The summed E-state index contributed by atoms with van der Waals surface area (Å²) in [7, 11) is 0. The van der Waals surface area contributed by atoms with E-state index >= 15 is 0 Å². The van der Waals surface area contributed by atoms with Crippen molar-refractivity contribution in [2.45, 2.75) is 31.1 Å². The summed E-state index contributed by atoms with van der Waals surface area (Å²) in [6, 6.07) is 6.09. The number of thiophene rings is 1. The first-order valence-electron chi connectivity index (χ1n) is 7.12. The quantitative estimate of drug-likeness (QED) is 0.885. The van der Waals surface area contributed by atoms with E-state index < -0.39 is 0 Å². The highest BCUT2D eigenvalue weighted by molar-refractivity contribution is 9.10. The fourth-order valence-electron chi connectivity index (χ4n) is 3.03. The van der Waals surface area contributed by atoms with Crippen LogP contribution >= 0.6 is 27.3 Å². The lowest BCUT2D eigenvalue weighted by atomic mass is 9.84. The molecular weight excluding hydrogens is 348 g/mol. The van der Waals surface area contributed by atoms with Crippen LogP contribution < -0.4 is 5.32 Å². The van der Waals surface area contributed by atoms with Crippen molar-refractivity contribution >= 4 is 33.2 Å². The van der Waals surface area contributed by atoms with E-state index in [0.717, 1.165) is 17.3 Å². The van der Waals surface area contributed by atoms with Gasteiger partial charge in [0, 0.05) is 33.7 Å². The van der Waals surface area contributed by atoms with Gasteiger partial charge in [0.2, 0.25) is 0 Å². The number of halogens is 1. The fourth-order valence-corrected chi connectivity index (χ4v) is 4.38. The lowest BCUT2D eigenvalue weighted by Gasteiger charge is -2.28. The summed E-state index contributed by atoms with van der Waals surface area (Å²) >= 11 is 5.15. The van der Waals surface area contributed by atoms with Gasteiger partial charge in [-0.05, 0) is 46.3 Å². The third kappa shape index (κ3) is 3.19. The van der Waals surface area contributed by atoms with E-state index in [1.54, 1.807) is 29.8 Å². The molecule has 0 aliphatic heterocycles. The van der Waals surface area contributed by atoms with Crippen LogP contribution in [-0.4, -0.2) is 17.4 Å². The van der Waals surface area contributed by atoms with Crippen molar-refractivity contribution < 1.29 is 4.79 Å². The number of hydrogen-bond acceptors (Lipinski definition) is 3. The molecule has 1 aliphatic carbocycles. The van der Waals surface area contributed by atoms with Crippen molar-refractivity contribution in [3.63, 3.8) is 0 Å². The van der Waals surface area contributed by atoms with Gasteiger partial charge in [-0.2, -0.15) is 0 Å². The van der Waals surface area contributed by atoms with Crippen molar-refractivity contribution in [3.8, 4) is 0 Å². The SMILES string of the molecule is O=C(NCC1(c2cccs2)CCCC1)c1cncc(Br)c1. The zero-order valence-electron chi connectivity index (χ0n) is 11.6. The third-order valence-corrected chi connectivity index (χ3v) is 5.71. The maximum atomic E-state index is 12.3.